The fraction of sp³-hybridized carbons (Fsp3) is 0.600. The van der Waals surface area contributed by atoms with Crippen LogP contribution in [0.1, 0.15) is 53.1 Å². The second-order valence-electron chi connectivity index (χ2n) is 6.95. The normalized spacial score (nSPS) is 12.9. The summed E-state index contributed by atoms with van der Waals surface area (Å²) in [5, 5.41) is 6.23. The molecule has 0 saturated heterocycles. The van der Waals surface area contributed by atoms with Gasteiger partial charge in [-0.3, -0.25) is 9.79 Å². The van der Waals surface area contributed by atoms with Gasteiger partial charge >= 0.3 is 5.97 Å². The predicted molar refractivity (Wildman–Crippen MR) is 108 cm³/mol. The van der Waals surface area contributed by atoms with E-state index < -0.39 is 5.60 Å². The largest absolute Gasteiger partial charge is 0.490 e. The van der Waals surface area contributed by atoms with Crippen LogP contribution in [0, 0.1) is 0 Å². The third-order valence-corrected chi connectivity index (χ3v) is 3.46. The maximum absolute atomic E-state index is 11.9. The number of esters is 1. The molecule has 7 heteroatoms. The number of aliphatic imine (C=N–C) groups is 1. The van der Waals surface area contributed by atoms with Crippen molar-refractivity contribution >= 4 is 11.9 Å². The van der Waals surface area contributed by atoms with Gasteiger partial charge in [0.05, 0.1) is 19.3 Å². The molecule has 2 N–H and O–H groups in total. The van der Waals surface area contributed by atoms with Gasteiger partial charge < -0.3 is 24.8 Å². The Morgan fingerprint density at radius 3 is 2.33 bits per heavy atom. The van der Waals surface area contributed by atoms with Gasteiger partial charge in [-0.05, 0) is 59.2 Å². The summed E-state index contributed by atoms with van der Waals surface area (Å²) < 4.78 is 16.6. The summed E-state index contributed by atoms with van der Waals surface area (Å²) in [5.74, 6) is 1.61. The van der Waals surface area contributed by atoms with Gasteiger partial charge in [0.1, 0.15) is 12.1 Å². The molecule has 1 aromatic rings. The molecular formula is C20H33N3O4. The number of hydrogen-bond donors (Lipinski definition) is 2. The molecule has 1 rings (SSSR count). The highest BCUT2D eigenvalue weighted by molar-refractivity contribution is 5.84. The molecule has 1 aromatic carbocycles. The van der Waals surface area contributed by atoms with Crippen LogP contribution in [0.2, 0.25) is 0 Å². The molecular weight excluding hydrogens is 346 g/mol. The summed E-state index contributed by atoms with van der Waals surface area (Å²) >= 11 is 0. The third kappa shape index (κ3) is 8.19. The van der Waals surface area contributed by atoms with E-state index in [2.05, 4.69) is 15.6 Å². The highest BCUT2D eigenvalue weighted by Gasteiger charge is 2.17. The average molecular weight is 380 g/mol. The number of hydrogen-bond acceptors (Lipinski definition) is 5. The Morgan fingerprint density at radius 1 is 1.15 bits per heavy atom. The van der Waals surface area contributed by atoms with Crippen molar-refractivity contribution in [3.8, 4) is 11.5 Å². The van der Waals surface area contributed by atoms with E-state index in [1.807, 2.05) is 59.7 Å². The van der Waals surface area contributed by atoms with Crippen LogP contribution in [-0.2, 0) is 9.53 Å². The van der Waals surface area contributed by atoms with Crippen LogP contribution in [0.5, 0.6) is 11.5 Å². The van der Waals surface area contributed by atoms with Crippen molar-refractivity contribution in [2.24, 2.45) is 4.99 Å². The molecule has 0 aromatic heterocycles. The summed E-state index contributed by atoms with van der Waals surface area (Å²) in [4.78, 5) is 16.0. The van der Waals surface area contributed by atoms with Crippen molar-refractivity contribution in [1.29, 1.82) is 0 Å². The van der Waals surface area contributed by atoms with Crippen molar-refractivity contribution in [3.05, 3.63) is 23.8 Å². The Morgan fingerprint density at radius 2 is 1.78 bits per heavy atom. The molecule has 152 valence electrons. The van der Waals surface area contributed by atoms with E-state index in [1.54, 1.807) is 7.05 Å². The number of carbonyl (C=O) groups is 1. The van der Waals surface area contributed by atoms with Crippen LogP contribution >= 0.6 is 0 Å². The smallest absolute Gasteiger partial charge is 0.325 e. The molecule has 0 heterocycles. The number of carbonyl (C=O) groups excluding carboxylic acids is 1. The second kappa shape index (κ2) is 10.6. The lowest BCUT2D eigenvalue weighted by molar-refractivity contribution is -0.153. The van der Waals surface area contributed by atoms with Crippen LogP contribution in [-0.4, -0.2) is 44.3 Å². The van der Waals surface area contributed by atoms with Crippen molar-refractivity contribution in [2.45, 2.75) is 53.2 Å². The van der Waals surface area contributed by atoms with E-state index in [-0.39, 0.29) is 18.6 Å². The van der Waals surface area contributed by atoms with Crippen molar-refractivity contribution in [1.82, 2.24) is 10.6 Å². The maximum atomic E-state index is 11.9. The first kappa shape index (κ1) is 22.6. The van der Waals surface area contributed by atoms with Gasteiger partial charge in [0, 0.05) is 7.05 Å². The van der Waals surface area contributed by atoms with Crippen LogP contribution in [0.25, 0.3) is 0 Å². The predicted octanol–water partition coefficient (Wildman–Crippen LogP) is 3.05. The maximum Gasteiger partial charge on any atom is 0.325 e. The molecule has 27 heavy (non-hydrogen) atoms. The van der Waals surface area contributed by atoms with Crippen LogP contribution in [0.4, 0.5) is 0 Å². The summed E-state index contributed by atoms with van der Waals surface area (Å²) in [5.41, 5.74) is 0.503. The number of nitrogens with zero attached hydrogens (tertiary/aromatic N) is 1. The van der Waals surface area contributed by atoms with Crippen molar-refractivity contribution in [3.63, 3.8) is 0 Å². The summed E-state index contributed by atoms with van der Waals surface area (Å²) in [6, 6.07) is 5.78. The van der Waals surface area contributed by atoms with E-state index in [9.17, 15) is 4.79 Å². The first-order chi connectivity index (χ1) is 12.7. The number of benzene rings is 1. The van der Waals surface area contributed by atoms with Crippen molar-refractivity contribution < 1.29 is 19.0 Å². The monoisotopic (exact) mass is 379 g/mol. The first-order valence-corrected chi connectivity index (χ1v) is 9.28. The summed E-state index contributed by atoms with van der Waals surface area (Å²) in [7, 11) is 1.65. The average Bonchev–Trinajstić information content (AvgIpc) is 2.58. The Labute approximate surface area is 162 Å². The lowest BCUT2D eigenvalue weighted by atomic mass is 10.1. The van der Waals surface area contributed by atoms with E-state index in [4.69, 9.17) is 14.2 Å². The number of guanidine groups is 1. The van der Waals surface area contributed by atoms with Crippen LogP contribution in [0.15, 0.2) is 23.2 Å². The van der Waals surface area contributed by atoms with E-state index in [1.165, 1.54) is 0 Å². The Hall–Kier alpha value is -2.44. The Kier molecular flexibility index (Phi) is 8.91. The first-order valence-electron chi connectivity index (χ1n) is 9.28. The van der Waals surface area contributed by atoms with Gasteiger partial charge in [0.15, 0.2) is 17.5 Å². The minimum Gasteiger partial charge on any atom is -0.490 e. The van der Waals surface area contributed by atoms with Gasteiger partial charge in [-0.15, -0.1) is 0 Å². The Balaban J connectivity index is 2.73. The number of nitrogens with one attached hydrogen (secondary N) is 2. The number of ether oxygens (including phenoxy) is 3. The van der Waals surface area contributed by atoms with E-state index in [0.29, 0.717) is 24.9 Å². The molecule has 0 amide bonds. The Bertz CT molecular complexity index is 639. The molecule has 0 fully saturated rings. The van der Waals surface area contributed by atoms with Gasteiger partial charge in [-0.2, -0.15) is 0 Å². The summed E-state index contributed by atoms with van der Waals surface area (Å²) in [6.07, 6.45) is 0. The molecule has 0 aliphatic heterocycles. The SMILES string of the molecule is CCOc1ccc(C(C)NC(=NC)NCC(=O)OC(C)(C)C)cc1OCC. The number of rotatable bonds is 8. The minimum absolute atomic E-state index is 0.0388. The van der Waals surface area contributed by atoms with Gasteiger partial charge in [-0.25, -0.2) is 0 Å². The molecule has 1 atom stereocenters. The van der Waals surface area contributed by atoms with Gasteiger partial charge in [0.25, 0.3) is 0 Å². The third-order valence-electron chi connectivity index (χ3n) is 3.46. The summed E-state index contributed by atoms with van der Waals surface area (Å²) in [6.45, 7) is 12.6. The van der Waals surface area contributed by atoms with Crippen LogP contribution < -0.4 is 20.1 Å². The second-order valence-corrected chi connectivity index (χ2v) is 6.95. The van der Waals surface area contributed by atoms with Gasteiger partial charge in [-0.1, -0.05) is 6.07 Å². The molecule has 0 aliphatic rings. The molecule has 1 unspecified atom stereocenters. The standard InChI is InChI=1S/C20H33N3O4/c1-8-25-16-11-10-15(12-17(16)26-9-2)14(3)23-19(21-7)22-13-18(24)27-20(4,5)6/h10-12,14H,8-9,13H2,1-7H3,(H2,21,22,23). The van der Waals surface area contributed by atoms with E-state index >= 15 is 0 Å². The lowest BCUT2D eigenvalue weighted by Crippen LogP contribution is -2.42. The molecule has 0 radical (unpaired) electrons. The molecule has 0 saturated carbocycles. The minimum atomic E-state index is -0.513. The van der Waals surface area contributed by atoms with Crippen molar-refractivity contribution in [2.75, 3.05) is 26.8 Å². The zero-order valence-corrected chi connectivity index (χ0v) is 17.5. The molecule has 7 nitrogen and oxygen atoms in total. The zero-order valence-electron chi connectivity index (χ0n) is 17.5. The molecule has 0 aliphatic carbocycles. The fourth-order valence-electron chi connectivity index (χ4n) is 2.35. The lowest BCUT2D eigenvalue weighted by Gasteiger charge is -2.22. The van der Waals surface area contributed by atoms with Crippen LogP contribution in [0.3, 0.4) is 0 Å². The molecule has 0 bridgehead atoms. The topological polar surface area (TPSA) is 81.2 Å². The highest BCUT2D eigenvalue weighted by atomic mass is 16.6. The quantitative estimate of drug-likeness (QED) is 0.410. The highest BCUT2D eigenvalue weighted by Crippen LogP contribution is 2.30. The molecule has 0 spiro atoms. The van der Waals surface area contributed by atoms with E-state index in [0.717, 1.165) is 11.3 Å². The zero-order chi connectivity index (χ0) is 20.4. The fourth-order valence-corrected chi connectivity index (χ4v) is 2.35. The van der Waals surface area contributed by atoms with Gasteiger partial charge in [0.2, 0.25) is 0 Å².